The van der Waals surface area contributed by atoms with Crippen LogP contribution >= 0.6 is 0 Å². The number of hydrogen-bond donors (Lipinski definition) is 1. The van der Waals surface area contributed by atoms with Crippen LogP contribution in [0.5, 0.6) is 0 Å². The summed E-state index contributed by atoms with van der Waals surface area (Å²) in [6.07, 6.45) is 0. The number of carbonyl (C=O) groups excluding carboxylic acids is 1. The molecule has 0 aromatic heterocycles. The monoisotopic (exact) mass is 344 g/mol. The van der Waals surface area contributed by atoms with Crippen LogP contribution in [0.4, 0.5) is 4.39 Å². The van der Waals surface area contributed by atoms with Gasteiger partial charge < -0.3 is 4.90 Å². The van der Waals surface area contributed by atoms with Gasteiger partial charge in [0, 0.05) is 40.3 Å². The van der Waals surface area contributed by atoms with E-state index >= 15 is 0 Å². The highest BCUT2D eigenvalue weighted by Crippen LogP contribution is 2.18. The number of likely N-dealkylation sites (N-methyl/N-ethyl adjacent to an activating group) is 1. The molecule has 7 nitrogen and oxygen atoms in total. The minimum Gasteiger partial charge on any atom is -0.304 e. The van der Waals surface area contributed by atoms with Crippen molar-refractivity contribution in [3.05, 3.63) is 29.6 Å². The number of halogens is 1. The molecule has 1 N–H and O–H groups in total. The third-order valence-corrected chi connectivity index (χ3v) is 5.54. The molecule has 1 aliphatic rings. The van der Waals surface area contributed by atoms with E-state index in [9.17, 15) is 17.6 Å². The molecule has 2 rings (SSSR count). The van der Waals surface area contributed by atoms with E-state index in [4.69, 9.17) is 0 Å². The Hall–Kier alpha value is -1.55. The normalized spacial score (nSPS) is 17.4. The van der Waals surface area contributed by atoms with E-state index in [1.54, 1.807) is 5.01 Å². The molecule has 0 unspecified atom stereocenters. The highest BCUT2D eigenvalue weighted by Gasteiger charge is 2.23. The number of piperazine rings is 1. The Morgan fingerprint density at radius 1 is 1.22 bits per heavy atom. The van der Waals surface area contributed by atoms with Crippen molar-refractivity contribution >= 4 is 15.9 Å². The van der Waals surface area contributed by atoms with Gasteiger partial charge in [0.25, 0.3) is 5.91 Å². The summed E-state index contributed by atoms with van der Waals surface area (Å²) in [5.74, 6) is -1.41. The first-order valence-electron chi connectivity index (χ1n) is 7.18. The summed E-state index contributed by atoms with van der Waals surface area (Å²) in [5, 5.41) is 1.70. The standard InChI is InChI=1S/C14H21FN4O3S/c1-17(2)23(21,22)11-4-5-13(15)12(10-11)14(20)16-19-8-6-18(3)7-9-19/h4-5,10H,6-9H2,1-3H3,(H,16,20). The highest BCUT2D eigenvalue weighted by molar-refractivity contribution is 7.89. The minimum atomic E-state index is -3.72. The van der Waals surface area contributed by atoms with Gasteiger partial charge in [-0.15, -0.1) is 0 Å². The van der Waals surface area contributed by atoms with Crippen molar-refractivity contribution in [1.82, 2.24) is 19.6 Å². The predicted octanol–water partition coefficient (Wildman–Crippen LogP) is -0.0318. The van der Waals surface area contributed by atoms with Crippen molar-refractivity contribution in [3.8, 4) is 0 Å². The van der Waals surface area contributed by atoms with E-state index in [0.717, 1.165) is 35.6 Å². The van der Waals surface area contributed by atoms with Crippen LogP contribution in [0.1, 0.15) is 10.4 Å². The van der Waals surface area contributed by atoms with Crippen LogP contribution in [0.25, 0.3) is 0 Å². The summed E-state index contributed by atoms with van der Waals surface area (Å²) >= 11 is 0. The van der Waals surface area contributed by atoms with E-state index in [-0.39, 0.29) is 10.5 Å². The van der Waals surface area contributed by atoms with Crippen molar-refractivity contribution in [3.63, 3.8) is 0 Å². The number of benzene rings is 1. The van der Waals surface area contributed by atoms with E-state index in [1.165, 1.54) is 14.1 Å². The number of hydrogen-bond acceptors (Lipinski definition) is 5. The van der Waals surface area contributed by atoms with Crippen LogP contribution in [-0.2, 0) is 10.0 Å². The average molecular weight is 344 g/mol. The number of nitrogens with one attached hydrogen (secondary N) is 1. The van der Waals surface area contributed by atoms with Gasteiger partial charge in [0.05, 0.1) is 10.5 Å². The van der Waals surface area contributed by atoms with Gasteiger partial charge in [0.1, 0.15) is 5.82 Å². The van der Waals surface area contributed by atoms with Crippen LogP contribution in [0, 0.1) is 5.82 Å². The smallest absolute Gasteiger partial charge is 0.268 e. The Labute approximate surface area is 135 Å². The second-order valence-corrected chi connectivity index (χ2v) is 7.81. The van der Waals surface area contributed by atoms with Crippen LogP contribution in [-0.4, -0.2) is 75.9 Å². The molecule has 1 amide bonds. The molecular formula is C14H21FN4O3S. The molecule has 23 heavy (non-hydrogen) atoms. The number of rotatable bonds is 4. The maximum Gasteiger partial charge on any atom is 0.268 e. The quantitative estimate of drug-likeness (QED) is 0.830. The number of nitrogens with zero attached hydrogens (tertiary/aromatic N) is 3. The molecule has 1 saturated heterocycles. The molecule has 1 aliphatic heterocycles. The molecule has 1 aromatic carbocycles. The molecule has 0 aliphatic carbocycles. The van der Waals surface area contributed by atoms with E-state index in [2.05, 4.69) is 10.3 Å². The van der Waals surface area contributed by atoms with Gasteiger partial charge in [-0.1, -0.05) is 0 Å². The first-order valence-corrected chi connectivity index (χ1v) is 8.62. The summed E-state index contributed by atoms with van der Waals surface area (Å²) in [6, 6.07) is 3.21. The van der Waals surface area contributed by atoms with Gasteiger partial charge >= 0.3 is 0 Å². The molecule has 9 heteroatoms. The minimum absolute atomic E-state index is 0.118. The van der Waals surface area contributed by atoms with E-state index < -0.39 is 21.7 Å². The third kappa shape index (κ3) is 4.05. The molecule has 128 valence electrons. The molecule has 0 spiro atoms. The fourth-order valence-corrected chi connectivity index (χ4v) is 3.10. The number of amides is 1. The Bertz CT molecular complexity index is 685. The maximum atomic E-state index is 13.9. The molecule has 0 atom stereocenters. The van der Waals surface area contributed by atoms with Crippen LogP contribution in [0.3, 0.4) is 0 Å². The molecular weight excluding hydrogens is 323 g/mol. The largest absolute Gasteiger partial charge is 0.304 e. The lowest BCUT2D eigenvalue weighted by molar-refractivity contribution is 0.0658. The van der Waals surface area contributed by atoms with Crippen LogP contribution in [0.15, 0.2) is 23.1 Å². The topological polar surface area (TPSA) is 73.0 Å². The zero-order valence-corrected chi connectivity index (χ0v) is 14.2. The van der Waals surface area contributed by atoms with Crippen molar-refractivity contribution in [2.45, 2.75) is 4.90 Å². The molecule has 0 saturated carbocycles. The van der Waals surface area contributed by atoms with Gasteiger partial charge in [0.2, 0.25) is 10.0 Å². The Morgan fingerprint density at radius 3 is 2.39 bits per heavy atom. The second-order valence-electron chi connectivity index (χ2n) is 5.66. The SMILES string of the molecule is CN1CCN(NC(=O)c2cc(S(=O)(=O)N(C)C)ccc2F)CC1. The first kappa shape index (κ1) is 17.8. The number of sulfonamides is 1. The number of hydrazine groups is 1. The number of carbonyl (C=O) groups is 1. The summed E-state index contributed by atoms with van der Waals surface area (Å²) in [4.78, 5) is 14.2. The molecule has 0 radical (unpaired) electrons. The molecule has 1 heterocycles. The van der Waals surface area contributed by atoms with Gasteiger partial charge in [-0.05, 0) is 25.2 Å². The maximum absolute atomic E-state index is 13.9. The lowest BCUT2D eigenvalue weighted by Gasteiger charge is -2.32. The van der Waals surface area contributed by atoms with E-state index in [1.807, 2.05) is 7.05 Å². The fourth-order valence-electron chi connectivity index (χ4n) is 2.17. The molecule has 0 bridgehead atoms. The summed E-state index contributed by atoms with van der Waals surface area (Å²) in [5.41, 5.74) is 2.34. The predicted molar refractivity (Wildman–Crippen MR) is 83.8 cm³/mol. The lowest BCUT2D eigenvalue weighted by Crippen LogP contribution is -2.52. The van der Waals surface area contributed by atoms with Gasteiger partial charge in [-0.2, -0.15) is 0 Å². The van der Waals surface area contributed by atoms with Gasteiger partial charge in [-0.25, -0.2) is 22.1 Å². The van der Waals surface area contributed by atoms with Gasteiger partial charge in [0.15, 0.2) is 0 Å². The molecule has 1 fully saturated rings. The van der Waals surface area contributed by atoms with Crippen molar-refractivity contribution in [2.75, 3.05) is 47.3 Å². The summed E-state index contributed by atoms with van der Waals surface area (Å²) in [7, 11) is 1.01. The third-order valence-electron chi connectivity index (χ3n) is 3.72. The van der Waals surface area contributed by atoms with Gasteiger partial charge in [-0.3, -0.25) is 10.2 Å². The highest BCUT2D eigenvalue weighted by atomic mass is 32.2. The van der Waals surface area contributed by atoms with E-state index in [0.29, 0.717) is 13.1 Å². The summed E-state index contributed by atoms with van der Waals surface area (Å²) < 4.78 is 39.1. The Kier molecular flexibility index (Phi) is 5.35. The average Bonchev–Trinajstić information content (AvgIpc) is 2.49. The Morgan fingerprint density at radius 2 is 1.83 bits per heavy atom. The van der Waals surface area contributed by atoms with Crippen LogP contribution in [0.2, 0.25) is 0 Å². The van der Waals surface area contributed by atoms with Crippen molar-refractivity contribution < 1.29 is 17.6 Å². The summed E-state index contributed by atoms with van der Waals surface area (Å²) in [6.45, 7) is 2.83. The second kappa shape index (κ2) is 6.91. The van der Waals surface area contributed by atoms with Crippen LogP contribution < -0.4 is 5.43 Å². The Balaban J connectivity index is 2.20. The lowest BCUT2D eigenvalue weighted by atomic mass is 10.2. The van der Waals surface area contributed by atoms with Crippen molar-refractivity contribution in [2.24, 2.45) is 0 Å². The first-order chi connectivity index (χ1) is 10.7. The fraction of sp³-hybridized carbons (Fsp3) is 0.500. The molecule has 1 aromatic rings. The van der Waals surface area contributed by atoms with Crippen molar-refractivity contribution in [1.29, 1.82) is 0 Å². The zero-order valence-electron chi connectivity index (χ0n) is 13.4. The zero-order chi connectivity index (χ0) is 17.2.